The lowest BCUT2D eigenvalue weighted by atomic mass is 9.84. The van der Waals surface area contributed by atoms with E-state index in [0.717, 1.165) is 38.0 Å². The zero-order valence-corrected chi connectivity index (χ0v) is 36.2. The Labute approximate surface area is 351 Å². The van der Waals surface area contributed by atoms with Gasteiger partial charge in [-0.2, -0.15) is 0 Å². The third-order valence-corrected chi connectivity index (χ3v) is 11.5. The van der Waals surface area contributed by atoms with Gasteiger partial charge in [-0.15, -0.1) is 11.3 Å². The number of nitrogens with one attached hydrogen (secondary N) is 2. The lowest BCUT2D eigenvalue weighted by Gasteiger charge is -2.38. The molecule has 316 valence electrons. The summed E-state index contributed by atoms with van der Waals surface area (Å²) in [5.74, 6) is -0.884. The van der Waals surface area contributed by atoms with Gasteiger partial charge >= 0.3 is 12.1 Å². The summed E-state index contributed by atoms with van der Waals surface area (Å²) in [7, 11) is 1.37. The number of carboxylic acid groups (broad SMARTS) is 1. The second-order valence-corrected chi connectivity index (χ2v) is 18.7. The molecule has 1 aliphatic rings. The summed E-state index contributed by atoms with van der Waals surface area (Å²) in [5.41, 5.74) is 2.89. The van der Waals surface area contributed by atoms with Crippen LogP contribution in [-0.2, 0) is 29.0 Å². The van der Waals surface area contributed by atoms with Crippen LogP contribution in [0.25, 0.3) is 11.3 Å². The van der Waals surface area contributed by atoms with Crippen LogP contribution >= 0.6 is 11.3 Å². The first kappa shape index (κ1) is 44.8. The maximum Gasteiger partial charge on any atom is 0.407 e. The Morgan fingerprint density at radius 2 is 1.53 bits per heavy atom. The number of aliphatic hydroxyl groups is 1. The van der Waals surface area contributed by atoms with Crippen LogP contribution in [0, 0.1) is 17.8 Å². The number of aryl methyl sites for hydroxylation is 1. The van der Waals surface area contributed by atoms with Crippen LogP contribution in [0.3, 0.4) is 0 Å². The van der Waals surface area contributed by atoms with Crippen LogP contribution in [0.15, 0.2) is 84.4 Å². The average molecular weight is 826 g/mol. The number of carbonyl (C=O) groups excluding carboxylic acids is 3. The van der Waals surface area contributed by atoms with E-state index in [1.807, 2.05) is 106 Å². The minimum Gasteiger partial charge on any atom is -0.465 e. The number of benzene rings is 2. The standard InChI is InChI=1S/C45H59N7O6S/c1-29-47-34(28-59-29)27-51-22-23-52(42(51)56)39(45(5,6)7)41(55)49-36(25-30-14-10-9-11-15-30)37(53)26-33(48-40(54)38(44(2,3)4)50(8)43(57)58)24-31-17-19-32(20-18-31)35-16-12-13-21-46-35/h9-21,28,33,36-39,53H,22-27H2,1-8H3,(H,48,54)(H,49,55)(H,57,58). The SMILES string of the molecule is Cc1nc(CN2CCN(C(C(=O)NC(Cc3ccccc3)C(O)CC(Cc3ccc(-c4ccccn4)cc3)NC(=O)C(N(C)C(=O)O)C(C)(C)C)C(C)(C)C)C2=O)cs1. The van der Waals surface area contributed by atoms with E-state index in [0.29, 0.717) is 26.1 Å². The smallest absolute Gasteiger partial charge is 0.407 e. The molecule has 14 heteroatoms. The molecule has 1 saturated heterocycles. The highest BCUT2D eigenvalue weighted by molar-refractivity contribution is 7.09. The Hall–Kier alpha value is -5.34. The zero-order valence-electron chi connectivity index (χ0n) is 35.4. The molecule has 1 fully saturated rings. The topological polar surface area (TPSA) is 168 Å². The van der Waals surface area contributed by atoms with E-state index < -0.39 is 59.0 Å². The van der Waals surface area contributed by atoms with Gasteiger partial charge in [0.05, 0.1) is 35.1 Å². The number of aromatic nitrogens is 2. The van der Waals surface area contributed by atoms with Crippen LogP contribution < -0.4 is 10.6 Å². The van der Waals surface area contributed by atoms with Crippen LogP contribution in [0.5, 0.6) is 0 Å². The van der Waals surface area contributed by atoms with Crippen molar-refractivity contribution < 1.29 is 29.4 Å². The largest absolute Gasteiger partial charge is 0.465 e. The number of hydrogen-bond acceptors (Lipinski definition) is 8. The van der Waals surface area contributed by atoms with Crippen LogP contribution in [0.1, 0.15) is 69.8 Å². The Morgan fingerprint density at radius 3 is 2.10 bits per heavy atom. The first-order chi connectivity index (χ1) is 27.8. The van der Waals surface area contributed by atoms with E-state index in [9.17, 15) is 29.4 Å². The molecular formula is C45H59N7O6S. The molecule has 0 radical (unpaired) electrons. The Bertz CT molecular complexity index is 2030. The molecule has 1 aliphatic heterocycles. The van der Waals surface area contributed by atoms with E-state index >= 15 is 0 Å². The Balaban J connectivity index is 1.42. The fraction of sp³-hybridized carbons (Fsp3) is 0.467. The normalized spacial score (nSPS) is 15.9. The molecule has 4 N–H and O–H groups in total. The molecule has 5 unspecified atom stereocenters. The number of aliphatic hydroxyl groups excluding tert-OH is 1. The van der Waals surface area contributed by atoms with Crippen molar-refractivity contribution in [1.82, 2.24) is 35.3 Å². The van der Waals surface area contributed by atoms with Crippen molar-refractivity contribution in [2.24, 2.45) is 10.8 Å². The highest BCUT2D eigenvalue weighted by atomic mass is 32.1. The van der Waals surface area contributed by atoms with E-state index in [1.165, 1.54) is 18.4 Å². The number of pyridine rings is 1. The van der Waals surface area contributed by atoms with E-state index in [2.05, 4.69) is 20.6 Å². The highest BCUT2D eigenvalue weighted by Gasteiger charge is 2.45. The Kier molecular flexibility index (Phi) is 14.5. The number of carbonyl (C=O) groups is 4. The number of rotatable bonds is 16. The third kappa shape index (κ3) is 11.9. The van der Waals surface area contributed by atoms with Gasteiger partial charge in [0, 0.05) is 43.3 Å². The van der Waals surface area contributed by atoms with Gasteiger partial charge < -0.3 is 30.6 Å². The van der Waals surface area contributed by atoms with Gasteiger partial charge in [-0.1, -0.05) is 102 Å². The molecule has 5 amide bonds. The van der Waals surface area contributed by atoms with Gasteiger partial charge in [0.1, 0.15) is 12.1 Å². The summed E-state index contributed by atoms with van der Waals surface area (Å²) < 4.78 is 0. The molecule has 0 spiro atoms. The summed E-state index contributed by atoms with van der Waals surface area (Å²) in [6.07, 6.45) is -0.0537. The molecule has 13 nitrogen and oxygen atoms in total. The summed E-state index contributed by atoms with van der Waals surface area (Å²) in [6.45, 7) is 14.3. The summed E-state index contributed by atoms with van der Waals surface area (Å²) in [6, 6.07) is 19.4. The second kappa shape index (κ2) is 19.2. The predicted octanol–water partition coefficient (Wildman–Crippen LogP) is 6.40. The molecule has 2 aromatic heterocycles. The maximum atomic E-state index is 14.6. The molecule has 0 saturated carbocycles. The molecule has 3 heterocycles. The van der Waals surface area contributed by atoms with Crippen molar-refractivity contribution in [2.75, 3.05) is 20.1 Å². The van der Waals surface area contributed by atoms with Crippen LogP contribution in [0.4, 0.5) is 9.59 Å². The van der Waals surface area contributed by atoms with Crippen molar-refractivity contribution >= 4 is 35.3 Å². The summed E-state index contributed by atoms with van der Waals surface area (Å²) in [5, 5.41) is 31.2. The highest BCUT2D eigenvalue weighted by Crippen LogP contribution is 2.30. The van der Waals surface area contributed by atoms with Gasteiger partial charge in [-0.25, -0.2) is 14.6 Å². The van der Waals surface area contributed by atoms with E-state index in [1.54, 1.807) is 36.8 Å². The van der Waals surface area contributed by atoms with Gasteiger partial charge in [0.2, 0.25) is 11.8 Å². The number of hydrogen-bond donors (Lipinski definition) is 4. The number of likely N-dealkylation sites (N-methyl/N-ethyl adjacent to an activating group) is 1. The monoisotopic (exact) mass is 825 g/mol. The number of amides is 5. The van der Waals surface area contributed by atoms with Crippen LogP contribution in [0.2, 0.25) is 0 Å². The van der Waals surface area contributed by atoms with E-state index in [-0.39, 0.29) is 18.9 Å². The second-order valence-electron chi connectivity index (χ2n) is 17.6. The fourth-order valence-electron chi connectivity index (χ4n) is 7.90. The van der Waals surface area contributed by atoms with Crippen molar-refractivity contribution in [2.45, 2.75) is 105 Å². The average Bonchev–Trinajstić information content (AvgIpc) is 3.74. The maximum absolute atomic E-state index is 14.6. The van der Waals surface area contributed by atoms with Gasteiger partial charge in [0.15, 0.2) is 0 Å². The van der Waals surface area contributed by atoms with Gasteiger partial charge in [-0.05, 0) is 60.3 Å². The minimum absolute atomic E-state index is 0.0306. The van der Waals surface area contributed by atoms with Crippen molar-refractivity contribution in [3.05, 3.63) is 106 Å². The molecule has 0 aliphatic carbocycles. The van der Waals surface area contributed by atoms with Crippen molar-refractivity contribution in [3.8, 4) is 11.3 Å². The van der Waals surface area contributed by atoms with Gasteiger partial charge in [0.25, 0.3) is 0 Å². The molecular weight excluding hydrogens is 767 g/mol. The fourth-order valence-corrected chi connectivity index (χ4v) is 8.50. The van der Waals surface area contributed by atoms with Gasteiger partial charge in [-0.3, -0.25) is 19.5 Å². The quantitative estimate of drug-likeness (QED) is 0.101. The number of nitrogens with zero attached hydrogens (tertiary/aromatic N) is 5. The molecule has 0 bridgehead atoms. The lowest BCUT2D eigenvalue weighted by molar-refractivity contribution is -0.131. The summed E-state index contributed by atoms with van der Waals surface area (Å²) in [4.78, 5) is 68.0. The predicted molar refractivity (Wildman–Crippen MR) is 230 cm³/mol. The molecule has 59 heavy (non-hydrogen) atoms. The first-order valence-electron chi connectivity index (χ1n) is 20.1. The molecule has 2 aromatic carbocycles. The van der Waals surface area contributed by atoms with Crippen LogP contribution in [-0.4, -0.2) is 109 Å². The third-order valence-electron chi connectivity index (χ3n) is 10.6. The molecule has 5 atom stereocenters. The van der Waals surface area contributed by atoms with E-state index in [4.69, 9.17) is 0 Å². The van der Waals surface area contributed by atoms with Crippen molar-refractivity contribution in [3.63, 3.8) is 0 Å². The van der Waals surface area contributed by atoms with Crippen molar-refractivity contribution in [1.29, 1.82) is 0 Å². The molecule has 4 aromatic rings. The zero-order chi connectivity index (χ0) is 43.1. The molecule has 5 rings (SSSR count). The minimum atomic E-state index is -1.24. The number of thiazole rings is 1. The first-order valence-corrected chi connectivity index (χ1v) is 20.9. The lowest BCUT2D eigenvalue weighted by Crippen LogP contribution is -2.59. The number of urea groups is 1. The summed E-state index contributed by atoms with van der Waals surface area (Å²) >= 11 is 1.53. The Morgan fingerprint density at radius 1 is 0.864 bits per heavy atom.